The normalized spacial score (nSPS) is 10.4. The number of hydrogen-bond acceptors (Lipinski definition) is 3. The van der Waals surface area contributed by atoms with Gasteiger partial charge in [-0.3, -0.25) is 4.79 Å². The van der Waals surface area contributed by atoms with Gasteiger partial charge >= 0.3 is 0 Å². The Morgan fingerprint density at radius 1 is 1.17 bits per heavy atom. The highest BCUT2D eigenvalue weighted by Gasteiger charge is 2.02. The fourth-order valence-corrected chi connectivity index (χ4v) is 3.14. The number of rotatable bonds is 9. The first-order valence-corrected chi connectivity index (χ1v) is 9.51. The van der Waals surface area contributed by atoms with E-state index in [1.807, 2.05) is 36.4 Å². The first-order valence-electron chi connectivity index (χ1n) is 7.98. The van der Waals surface area contributed by atoms with Crippen molar-refractivity contribution in [3.63, 3.8) is 0 Å². The Hall–Kier alpha value is -1.65. The molecule has 24 heavy (non-hydrogen) atoms. The fourth-order valence-electron chi connectivity index (χ4n) is 2.12. The third-order valence-electron chi connectivity index (χ3n) is 3.42. The Balaban J connectivity index is 1.57. The predicted octanol–water partition coefficient (Wildman–Crippen LogP) is 4.33. The SMILES string of the molecule is CCc1ccc(OCCNC(=O)CSCc2cccc(Cl)c2)cc1. The molecular weight excluding hydrogens is 342 g/mol. The number of halogens is 1. The van der Waals surface area contributed by atoms with Gasteiger partial charge in [0.1, 0.15) is 12.4 Å². The van der Waals surface area contributed by atoms with Gasteiger partial charge in [-0.2, -0.15) is 0 Å². The molecule has 0 saturated carbocycles. The highest BCUT2D eigenvalue weighted by molar-refractivity contribution is 7.99. The Kier molecular flexibility index (Phi) is 7.99. The van der Waals surface area contributed by atoms with Crippen LogP contribution in [0, 0.1) is 0 Å². The maximum absolute atomic E-state index is 11.8. The highest BCUT2D eigenvalue weighted by Crippen LogP contribution is 2.16. The lowest BCUT2D eigenvalue weighted by Crippen LogP contribution is -2.29. The number of hydrogen-bond donors (Lipinski definition) is 1. The average molecular weight is 364 g/mol. The van der Waals surface area contributed by atoms with Crippen LogP contribution in [-0.2, 0) is 17.0 Å². The molecular formula is C19H22ClNO2S. The Bertz CT molecular complexity index is 646. The van der Waals surface area contributed by atoms with Crippen LogP contribution in [0.5, 0.6) is 5.75 Å². The van der Waals surface area contributed by atoms with Gasteiger partial charge in [-0.15, -0.1) is 11.8 Å². The summed E-state index contributed by atoms with van der Waals surface area (Å²) in [4.78, 5) is 11.8. The average Bonchev–Trinajstić information content (AvgIpc) is 2.59. The van der Waals surface area contributed by atoms with Crippen LogP contribution in [0.15, 0.2) is 48.5 Å². The number of carbonyl (C=O) groups excluding carboxylic acids is 1. The van der Waals surface area contributed by atoms with Gasteiger partial charge in [0.2, 0.25) is 5.91 Å². The molecule has 0 aliphatic rings. The molecule has 0 spiro atoms. The molecule has 0 aromatic heterocycles. The molecule has 0 radical (unpaired) electrons. The Morgan fingerprint density at radius 2 is 1.96 bits per heavy atom. The number of amides is 1. The maximum atomic E-state index is 11.8. The van der Waals surface area contributed by atoms with Crippen LogP contribution >= 0.6 is 23.4 Å². The molecule has 2 aromatic rings. The van der Waals surface area contributed by atoms with Gasteiger partial charge in [0.05, 0.1) is 12.3 Å². The van der Waals surface area contributed by atoms with Crippen LogP contribution in [-0.4, -0.2) is 24.8 Å². The molecule has 2 aromatic carbocycles. The minimum absolute atomic E-state index is 0.0203. The van der Waals surface area contributed by atoms with Crippen LogP contribution in [0.25, 0.3) is 0 Å². The van der Waals surface area contributed by atoms with E-state index in [1.54, 1.807) is 11.8 Å². The molecule has 0 unspecified atom stereocenters. The largest absolute Gasteiger partial charge is 0.492 e. The lowest BCUT2D eigenvalue weighted by Gasteiger charge is -2.08. The molecule has 5 heteroatoms. The zero-order chi connectivity index (χ0) is 17.2. The second-order valence-corrected chi connectivity index (χ2v) is 6.74. The van der Waals surface area contributed by atoms with Gasteiger partial charge in [0.25, 0.3) is 0 Å². The quantitative estimate of drug-likeness (QED) is 0.674. The van der Waals surface area contributed by atoms with Crippen molar-refractivity contribution in [3.8, 4) is 5.75 Å². The molecule has 1 N–H and O–H groups in total. The van der Waals surface area contributed by atoms with E-state index in [0.29, 0.717) is 18.9 Å². The van der Waals surface area contributed by atoms with Gasteiger partial charge < -0.3 is 10.1 Å². The van der Waals surface area contributed by atoms with Crippen LogP contribution < -0.4 is 10.1 Å². The summed E-state index contributed by atoms with van der Waals surface area (Å²) in [6, 6.07) is 15.7. The molecule has 0 saturated heterocycles. The highest BCUT2D eigenvalue weighted by atomic mass is 35.5. The van der Waals surface area contributed by atoms with Crippen molar-refractivity contribution >= 4 is 29.3 Å². The number of ether oxygens (including phenoxy) is 1. The summed E-state index contributed by atoms with van der Waals surface area (Å²) < 4.78 is 5.61. The molecule has 2 rings (SSSR count). The number of nitrogens with one attached hydrogen (secondary N) is 1. The summed E-state index contributed by atoms with van der Waals surface area (Å²) in [5.74, 6) is 2.05. The molecule has 0 heterocycles. The Labute approximate surface area is 152 Å². The molecule has 0 bridgehead atoms. The predicted molar refractivity (Wildman–Crippen MR) is 102 cm³/mol. The zero-order valence-corrected chi connectivity index (χ0v) is 15.3. The minimum Gasteiger partial charge on any atom is -0.492 e. The van der Waals surface area contributed by atoms with Crippen LogP contribution in [0.2, 0.25) is 5.02 Å². The molecule has 0 atom stereocenters. The fraction of sp³-hybridized carbons (Fsp3) is 0.316. The summed E-state index contributed by atoms with van der Waals surface area (Å²) in [6.07, 6.45) is 1.02. The number of thioether (sulfide) groups is 1. The van der Waals surface area contributed by atoms with Crippen molar-refractivity contribution in [2.75, 3.05) is 18.9 Å². The van der Waals surface area contributed by atoms with Gasteiger partial charge in [0.15, 0.2) is 0 Å². The number of benzene rings is 2. The first-order chi connectivity index (χ1) is 11.7. The molecule has 3 nitrogen and oxygen atoms in total. The van der Waals surface area contributed by atoms with Crippen LogP contribution in [0.4, 0.5) is 0 Å². The van der Waals surface area contributed by atoms with Crippen molar-refractivity contribution in [1.29, 1.82) is 0 Å². The lowest BCUT2D eigenvalue weighted by molar-refractivity contribution is -0.118. The van der Waals surface area contributed by atoms with E-state index in [9.17, 15) is 4.79 Å². The summed E-state index contributed by atoms with van der Waals surface area (Å²) in [7, 11) is 0. The number of carbonyl (C=O) groups is 1. The van der Waals surface area contributed by atoms with Gasteiger partial charge in [-0.25, -0.2) is 0 Å². The molecule has 0 aliphatic carbocycles. The van der Waals surface area contributed by atoms with E-state index in [2.05, 4.69) is 24.4 Å². The molecule has 1 amide bonds. The van der Waals surface area contributed by atoms with Crippen molar-refractivity contribution < 1.29 is 9.53 Å². The van der Waals surface area contributed by atoms with Crippen molar-refractivity contribution in [2.24, 2.45) is 0 Å². The third kappa shape index (κ3) is 6.85. The monoisotopic (exact) mass is 363 g/mol. The molecule has 0 aliphatic heterocycles. The van der Waals surface area contributed by atoms with E-state index in [0.717, 1.165) is 28.5 Å². The second kappa shape index (κ2) is 10.3. The van der Waals surface area contributed by atoms with Crippen LogP contribution in [0.3, 0.4) is 0 Å². The molecule has 0 fully saturated rings. The van der Waals surface area contributed by atoms with Crippen LogP contribution in [0.1, 0.15) is 18.1 Å². The minimum atomic E-state index is 0.0203. The lowest BCUT2D eigenvalue weighted by atomic mass is 10.2. The molecule has 128 valence electrons. The summed E-state index contributed by atoms with van der Waals surface area (Å²) >= 11 is 7.51. The summed E-state index contributed by atoms with van der Waals surface area (Å²) in [5, 5.41) is 3.59. The number of aryl methyl sites for hydroxylation is 1. The summed E-state index contributed by atoms with van der Waals surface area (Å²) in [6.45, 7) is 3.10. The van der Waals surface area contributed by atoms with E-state index >= 15 is 0 Å². The van der Waals surface area contributed by atoms with E-state index < -0.39 is 0 Å². The van der Waals surface area contributed by atoms with Crippen molar-refractivity contribution in [1.82, 2.24) is 5.32 Å². The van der Waals surface area contributed by atoms with Gasteiger partial charge in [0, 0.05) is 10.8 Å². The second-order valence-electron chi connectivity index (χ2n) is 5.32. The Morgan fingerprint density at radius 3 is 2.67 bits per heavy atom. The van der Waals surface area contributed by atoms with E-state index in [4.69, 9.17) is 16.3 Å². The zero-order valence-electron chi connectivity index (χ0n) is 13.8. The third-order valence-corrected chi connectivity index (χ3v) is 4.65. The first kappa shape index (κ1) is 18.7. The standard InChI is InChI=1S/C19H22ClNO2S/c1-2-15-6-8-18(9-7-15)23-11-10-21-19(22)14-24-13-16-4-3-5-17(20)12-16/h3-9,12H,2,10-11,13-14H2,1H3,(H,21,22). The van der Waals surface area contributed by atoms with E-state index in [-0.39, 0.29) is 5.91 Å². The maximum Gasteiger partial charge on any atom is 0.230 e. The van der Waals surface area contributed by atoms with Crippen molar-refractivity contribution in [2.45, 2.75) is 19.1 Å². The topological polar surface area (TPSA) is 38.3 Å². The summed E-state index contributed by atoms with van der Waals surface area (Å²) in [5.41, 5.74) is 2.41. The van der Waals surface area contributed by atoms with Gasteiger partial charge in [-0.1, -0.05) is 42.8 Å². The van der Waals surface area contributed by atoms with Crippen molar-refractivity contribution in [3.05, 3.63) is 64.7 Å². The van der Waals surface area contributed by atoms with E-state index in [1.165, 1.54) is 5.56 Å². The van der Waals surface area contributed by atoms with Gasteiger partial charge in [-0.05, 0) is 41.8 Å². The smallest absolute Gasteiger partial charge is 0.230 e.